The van der Waals surface area contributed by atoms with Crippen LogP contribution in [0.2, 0.25) is 0 Å². The summed E-state index contributed by atoms with van der Waals surface area (Å²) in [6.07, 6.45) is 0.847. The van der Waals surface area contributed by atoms with Gasteiger partial charge in [-0.25, -0.2) is 4.98 Å². The van der Waals surface area contributed by atoms with Crippen molar-refractivity contribution in [2.75, 3.05) is 51.4 Å². The first-order valence-electron chi connectivity index (χ1n) is 12.1. The molecule has 0 atom stereocenters. The molecule has 0 aliphatic carbocycles. The van der Waals surface area contributed by atoms with Gasteiger partial charge in [0.2, 0.25) is 0 Å². The average molecular weight is 540 g/mol. The van der Waals surface area contributed by atoms with Crippen molar-refractivity contribution in [2.24, 2.45) is 0 Å². The number of carbonyl (C=O) groups is 1. The van der Waals surface area contributed by atoms with Crippen molar-refractivity contribution in [3.05, 3.63) is 78.4 Å². The maximum Gasteiger partial charge on any atom is 0.260 e. The number of ether oxygens (including phenoxy) is 3. The lowest BCUT2D eigenvalue weighted by Crippen LogP contribution is -2.39. The summed E-state index contributed by atoms with van der Waals surface area (Å²) >= 11 is 1.50. The number of nitrogens with zero attached hydrogens (tertiary/aromatic N) is 3. The minimum atomic E-state index is -0.0748. The molecule has 0 spiro atoms. The summed E-state index contributed by atoms with van der Waals surface area (Å²) in [4.78, 5) is 22.7. The second kappa shape index (κ2) is 12.9. The maximum atomic E-state index is 13.7. The number of methoxy groups -OCH3 is 1. The molecular formula is C28H30ClN3O4S. The van der Waals surface area contributed by atoms with Crippen LogP contribution in [0, 0.1) is 0 Å². The molecular weight excluding hydrogens is 510 g/mol. The SMILES string of the molecule is COc1ccc2nc(N(CCCN3CCOCC3)C(=O)c3ccc(Oc4ccccc4)cc3)sc2c1.Cl. The number of amides is 1. The molecule has 1 amide bonds. The average Bonchev–Trinajstić information content (AvgIpc) is 3.35. The van der Waals surface area contributed by atoms with Crippen LogP contribution in [0.15, 0.2) is 72.8 Å². The second-order valence-electron chi connectivity index (χ2n) is 8.53. The van der Waals surface area contributed by atoms with Crippen LogP contribution in [0.5, 0.6) is 17.2 Å². The number of fused-ring (bicyclic) bond motifs is 1. The predicted octanol–water partition coefficient (Wildman–Crippen LogP) is 5.89. The van der Waals surface area contributed by atoms with Crippen LogP contribution >= 0.6 is 23.7 Å². The lowest BCUT2D eigenvalue weighted by atomic mass is 10.2. The second-order valence-corrected chi connectivity index (χ2v) is 9.54. The van der Waals surface area contributed by atoms with E-state index < -0.39 is 0 Å². The van der Waals surface area contributed by atoms with Gasteiger partial charge in [-0.2, -0.15) is 0 Å². The summed E-state index contributed by atoms with van der Waals surface area (Å²) in [5.74, 6) is 2.14. The third kappa shape index (κ3) is 6.78. The zero-order valence-electron chi connectivity index (χ0n) is 20.7. The number of aromatic nitrogens is 1. The third-order valence-electron chi connectivity index (χ3n) is 6.10. The Hall–Kier alpha value is -3.17. The summed E-state index contributed by atoms with van der Waals surface area (Å²) in [5.41, 5.74) is 1.45. The number of morpholine rings is 1. The molecule has 4 aromatic rings. The Bertz CT molecular complexity index is 1290. The molecule has 1 saturated heterocycles. The zero-order chi connectivity index (χ0) is 24.7. The summed E-state index contributed by atoms with van der Waals surface area (Å²) < 4.78 is 17.7. The number of hydrogen-bond donors (Lipinski definition) is 0. The number of carbonyl (C=O) groups excluding carboxylic acids is 1. The van der Waals surface area contributed by atoms with Crippen LogP contribution < -0.4 is 14.4 Å². The lowest BCUT2D eigenvalue weighted by Gasteiger charge is -2.27. The monoisotopic (exact) mass is 539 g/mol. The molecule has 0 bridgehead atoms. The van der Waals surface area contributed by atoms with E-state index in [2.05, 4.69) is 4.90 Å². The van der Waals surface area contributed by atoms with E-state index >= 15 is 0 Å². The first-order valence-corrected chi connectivity index (χ1v) is 12.9. The third-order valence-corrected chi connectivity index (χ3v) is 7.14. The van der Waals surface area contributed by atoms with Crippen LogP contribution in [-0.2, 0) is 4.74 Å². The number of anilines is 1. The Morgan fingerprint density at radius 1 is 1.00 bits per heavy atom. The minimum Gasteiger partial charge on any atom is -0.497 e. The lowest BCUT2D eigenvalue weighted by molar-refractivity contribution is 0.0376. The summed E-state index contributed by atoms with van der Waals surface area (Å²) in [7, 11) is 1.65. The highest BCUT2D eigenvalue weighted by molar-refractivity contribution is 7.22. The van der Waals surface area contributed by atoms with Crippen molar-refractivity contribution in [1.29, 1.82) is 0 Å². The highest BCUT2D eigenvalue weighted by atomic mass is 35.5. The molecule has 1 aliphatic rings. The molecule has 1 aliphatic heterocycles. The first-order chi connectivity index (χ1) is 17.7. The Balaban J connectivity index is 0.00000320. The van der Waals surface area contributed by atoms with Gasteiger partial charge in [0.25, 0.3) is 5.91 Å². The normalized spacial score (nSPS) is 13.6. The largest absolute Gasteiger partial charge is 0.497 e. The van der Waals surface area contributed by atoms with Crippen molar-refractivity contribution < 1.29 is 19.0 Å². The Labute approximate surface area is 227 Å². The Morgan fingerprint density at radius 2 is 1.70 bits per heavy atom. The first kappa shape index (κ1) is 26.9. The van der Waals surface area contributed by atoms with Gasteiger partial charge in [0.15, 0.2) is 5.13 Å². The molecule has 7 nitrogen and oxygen atoms in total. The van der Waals surface area contributed by atoms with E-state index in [4.69, 9.17) is 19.2 Å². The Kier molecular flexibility index (Phi) is 9.35. The summed E-state index contributed by atoms with van der Waals surface area (Å²) in [6, 6.07) is 22.7. The molecule has 9 heteroatoms. The van der Waals surface area contributed by atoms with Gasteiger partial charge in [0.1, 0.15) is 17.2 Å². The van der Waals surface area contributed by atoms with E-state index in [0.717, 1.165) is 61.0 Å². The topological polar surface area (TPSA) is 64.1 Å². The van der Waals surface area contributed by atoms with Gasteiger partial charge >= 0.3 is 0 Å². The van der Waals surface area contributed by atoms with Crippen LogP contribution in [-0.4, -0.2) is 62.3 Å². The number of hydrogen-bond acceptors (Lipinski definition) is 7. The van der Waals surface area contributed by atoms with E-state index in [-0.39, 0.29) is 18.3 Å². The molecule has 37 heavy (non-hydrogen) atoms. The van der Waals surface area contributed by atoms with Crippen molar-refractivity contribution in [1.82, 2.24) is 9.88 Å². The van der Waals surface area contributed by atoms with E-state index in [9.17, 15) is 4.79 Å². The number of thiazole rings is 1. The van der Waals surface area contributed by atoms with Crippen molar-refractivity contribution in [3.63, 3.8) is 0 Å². The van der Waals surface area contributed by atoms with Gasteiger partial charge in [0, 0.05) is 31.7 Å². The van der Waals surface area contributed by atoms with Crippen molar-refractivity contribution >= 4 is 45.0 Å². The number of rotatable bonds is 9. The quantitative estimate of drug-likeness (QED) is 0.264. The highest BCUT2D eigenvalue weighted by Crippen LogP contribution is 2.32. The van der Waals surface area contributed by atoms with Crippen molar-refractivity contribution in [3.8, 4) is 17.2 Å². The Morgan fingerprint density at radius 3 is 2.43 bits per heavy atom. The fourth-order valence-corrected chi connectivity index (χ4v) is 5.16. The zero-order valence-corrected chi connectivity index (χ0v) is 22.3. The molecule has 0 saturated carbocycles. The molecule has 0 radical (unpaired) electrons. The van der Waals surface area contributed by atoms with Crippen LogP contribution in [0.25, 0.3) is 10.2 Å². The van der Waals surface area contributed by atoms with E-state index in [1.807, 2.05) is 72.8 Å². The maximum absolute atomic E-state index is 13.7. The van der Waals surface area contributed by atoms with Gasteiger partial charge in [-0.05, 0) is 61.0 Å². The van der Waals surface area contributed by atoms with Gasteiger partial charge in [-0.15, -0.1) is 12.4 Å². The van der Waals surface area contributed by atoms with Crippen LogP contribution in [0.3, 0.4) is 0 Å². The van der Waals surface area contributed by atoms with E-state index in [0.29, 0.717) is 23.0 Å². The van der Waals surface area contributed by atoms with Crippen molar-refractivity contribution in [2.45, 2.75) is 6.42 Å². The molecule has 0 unspecified atom stereocenters. The molecule has 0 N–H and O–H groups in total. The van der Waals surface area contributed by atoms with Gasteiger partial charge in [0.05, 0.1) is 30.5 Å². The fraction of sp³-hybridized carbons (Fsp3) is 0.286. The number of benzene rings is 3. The molecule has 2 heterocycles. The molecule has 3 aromatic carbocycles. The summed E-state index contributed by atoms with van der Waals surface area (Å²) in [5, 5.41) is 0.690. The molecule has 1 fully saturated rings. The van der Waals surface area contributed by atoms with E-state index in [1.54, 1.807) is 12.0 Å². The van der Waals surface area contributed by atoms with Crippen LogP contribution in [0.4, 0.5) is 5.13 Å². The van der Waals surface area contributed by atoms with Gasteiger partial charge < -0.3 is 14.2 Å². The fourth-order valence-electron chi connectivity index (χ4n) is 4.14. The molecule has 194 valence electrons. The molecule has 1 aromatic heterocycles. The number of halogens is 1. The standard InChI is InChI=1S/C28H29N3O4S.ClH/c1-33-24-12-13-25-26(20-24)36-28(29-25)31(15-5-14-30-16-18-34-19-17-30)27(32)21-8-10-23(11-9-21)35-22-6-3-2-4-7-22;/h2-4,6-13,20H,5,14-19H2,1H3;1H. The predicted molar refractivity (Wildman–Crippen MR) is 150 cm³/mol. The smallest absolute Gasteiger partial charge is 0.260 e. The van der Waals surface area contributed by atoms with Gasteiger partial charge in [-0.3, -0.25) is 14.6 Å². The molecule has 5 rings (SSSR count). The number of para-hydroxylation sites is 1. The van der Waals surface area contributed by atoms with E-state index in [1.165, 1.54) is 11.3 Å². The minimum absolute atomic E-state index is 0. The summed E-state index contributed by atoms with van der Waals surface area (Å²) in [6.45, 7) is 4.88. The van der Waals surface area contributed by atoms with Crippen LogP contribution in [0.1, 0.15) is 16.8 Å². The van der Waals surface area contributed by atoms with Gasteiger partial charge in [-0.1, -0.05) is 29.5 Å². The highest BCUT2D eigenvalue weighted by Gasteiger charge is 2.22.